The molecule has 0 N–H and O–H groups in total. The number of anilines is 2. The Bertz CT molecular complexity index is 2450. The lowest BCUT2D eigenvalue weighted by molar-refractivity contribution is 0.0337. The fourth-order valence-electron chi connectivity index (χ4n) is 5.80. The van der Waals surface area contributed by atoms with E-state index in [1.165, 1.54) is 12.1 Å². The quantitative estimate of drug-likeness (QED) is 0.0626. The molecular weight excluding hydrogens is 805 g/mol. The van der Waals surface area contributed by atoms with Gasteiger partial charge in [0.15, 0.2) is 0 Å². The van der Waals surface area contributed by atoms with Crippen LogP contribution in [0.25, 0.3) is 0 Å². The van der Waals surface area contributed by atoms with Crippen LogP contribution in [0.5, 0.6) is 11.5 Å². The number of esters is 2. The first-order valence-corrected chi connectivity index (χ1v) is 19.7. The van der Waals surface area contributed by atoms with Gasteiger partial charge in [-0.2, -0.15) is 0 Å². The third kappa shape index (κ3) is 10.5. The number of hydrogen-bond donors (Lipinski definition) is 0. The van der Waals surface area contributed by atoms with E-state index >= 15 is 0 Å². The highest BCUT2D eigenvalue weighted by molar-refractivity contribution is 7.80. The van der Waals surface area contributed by atoms with Crippen molar-refractivity contribution >= 4 is 45.8 Å². The maximum Gasteiger partial charge on any atom is 0.386 e. The number of para-hydroxylation sites is 2. The summed E-state index contributed by atoms with van der Waals surface area (Å²) in [4.78, 5) is 55.0. The van der Waals surface area contributed by atoms with Gasteiger partial charge in [-0.25, -0.2) is 9.59 Å². The van der Waals surface area contributed by atoms with E-state index in [4.69, 9.17) is 23.0 Å². The smallest absolute Gasteiger partial charge is 0.386 e. The molecule has 0 aliphatic heterocycles. The molecule has 0 aliphatic rings. The first-order chi connectivity index (χ1) is 28.4. The second kappa shape index (κ2) is 19.2. The topological polar surface area (TPSA) is 209 Å². The maximum absolute atomic E-state index is 13.9. The Hall–Kier alpha value is -6.66. The molecule has 17 heteroatoms. The van der Waals surface area contributed by atoms with Gasteiger partial charge in [-0.1, -0.05) is 97.1 Å². The summed E-state index contributed by atoms with van der Waals surface area (Å²) < 4.78 is 79.5. The minimum absolute atomic E-state index is 0.230. The van der Waals surface area contributed by atoms with Crippen LogP contribution in [-0.4, -0.2) is 29.5 Å². The summed E-state index contributed by atoms with van der Waals surface area (Å²) in [5, 5.41) is 0. The van der Waals surface area contributed by atoms with Gasteiger partial charge in [-0.15, -0.1) is 0 Å². The molecule has 2 atom stereocenters. The van der Waals surface area contributed by atoms with E-state index in [0.29, 0.717) is 22.3 Å². The van der Waals surface area contributed by atoms with Crippen molar-refractivity contribution < 1.29 is 50.2 Å². The number of carbonyl (C=O) groups excluding carboxylic acids is 2. The molecule has 0 fully saturated rings. The maximum atomic E-state index is 13.9. The number of rotatable bonds is 16. The van der Waals surface area contributed by atoms with E-state index < -0.39 is 81.4 Å². The van der Waals surface area contributed by atoms with E-state index in [2.05, 4.69) is 0 Å². The number of hydrogen-bond acceptors (Lipinski definition) is 13. The van der Waals surface area contributed by atoms with Crippen LogP contribution >= 0.6 is 0 Å². The second-order valence-corrected chi connectivity index (χ2v) is 14.5. The van der Waals surface area contributed by atoms with E-state index in [1.807, 2.05) is 0 Å². The molecule has 0 amide bonds. The van der Waals surface area contributed by atoms with Gasteiger partial charge in [-0.3, -0.25) is 26.6 Å². The van der Waals surface area contributed by atoms with Crippen molar-refractivity contribution in [3.63, 3.8) is 0 Å². The number of carbonyl (C=O) groups is 2. The number of aryl methyl sites for hydroxylation is 2. The van der Waals surface area contributed by atoms with Crippen LogP contribution in [0.15, 0.2) is 140 Å². The molecule has 6 aromatic rings. The SMILES string of the molecule is Cc1ccccc1N(Cc1cc(=O)c(OCc2ccccc2)c(C(=O)OC(=O)c2oc(CN(c3ccccc3C)S(=O)[O-])cc(=O)c2OCc2ccccc2)o1)S(=O)[O-]. The molecule has 0 aliphatic carbocycles. The van der Waals surface area contributed by atoms with Crippen molar-refractivity contribution in [2.75, 3.05) is 8.61 Å². The van der Waals surface area contributed by atoms with Crippen LogP contribution < -0.4 is 28.9 Å². The molecule has 2 heterocycles. The van der Waals surface area contributed by atoms with Gasteiger partial charge in [0, 0.05) is 34.7 Å². The van der Waals surface area contributed by atoms with Crippen LogP contribution in [0.3, 0.4) is 0 Å². The molecule has 0 saturated heterocycles. The van der Waals surface area contributed by atoms with Gasteiger partial charge < -0.3 is 32.2 Å². The fourth-order valence-corrected chi connectivity index (χ4v) is 7.00. The Morgan fingerprint density at radius 3 is 1.29 bits per heavy atom. The molecule has 15 nitrogen and oxygen atoms in total. The Kier molecular flexibility index (Phi) is 13.6. The average molecular weight is 839 g/mol. The van der Waals surface area contributed by atoms with Gasteiger partial charge >= 0.3 is 11.9 Å². The van der Waals surface area contributed by atoms with Gasteiger partial charge in [0.2, 0.25) is 22.4 Å². The third-order valence-electron chi connectivity index (χ3n) is 8.65. The van der Waals surface area contributed by atoms with Crippen molar-refractivity contribution in [3.8, 4) is 11.5 Å². The minimum Gasteiger partial charge on any atom is -0.755 e. The highest BCUT2D eigenvalue weighted by Gasteiger charge is 2.31. The Morgan fingerprint density at radius 2 is 0.932 bits per heavy atom. The number of nitrogens with zero attached hydrogens (tertiary/aromatic N) is 2. The van der Waals surface area contributed by atoms with Crippen LogP contribution in [0, 0.1) is 13.8 Å². The Morgan fingerprint density at radius 1 is 0.576 bits per heavy atom. The van der Waals surface area contributed by atoms with E-state index in [1.54, 1.807) is 111 Å². The van der Waals surface area contributed by atoms with Gasteiger partial charge in [0.05, 0.1) is 24.5 Å². The first kappa shape index (κ1) is 42.0. The summed E-state index contributed by atoms with van der Waals surface area (Å²) in [6, 6.07) is 32.1. The Balaban J connectivity index is 1.38. The molecule has 4 aromatic carbocycles. The van der Waals surface area contributed by atoms with Crippen LogP contribution in [0.1, 0.15) is 54.9 Å². The lowest BCUT2D eigenvalue weighted by Gasteiger charge is -2.27. The molecule has 0 bridgehead atoms. The molecule has 2 aromatic heterocycles. The summed E-state index contributed by atoms with van der Waals surface area (Å²) in [7, 11) is 0. The third-order valence-corrected chi connectivity index (χ3v) is 10.0. The highest BCUT2D eigenvalue weighted by atomic mass is 32.2. The summed E-state index contributed by atoms with van der Waals surface area (Å²) in [6.07, 6.45) is 0. The predicted molar refractivity (Wildman–Crippen MR) is 214 cm³/mol. The number of benzene rings is 4. The van der Waals surface area contributed by atoms with E-state index in [9.17, 15) is 36.7 Å². The van der Waals surface area contributed by atoms with Crippen LogP contribution in [0.4, 0.5) is 11.4 Å². The largest absolute Gasteiger partial charge is 0.755 e. The van der Waals surface area contributed by atoms with E-state index in [-0.39, 0.29) is 36.1 Å². The molecule has 6 rings (SSSR count). The average Bonchev–Trinajstić information content (AvgIpc) is 3.22. The lowest BCUT2D eigenvalue weighted by atomic mass is 10.2. The summed E-state index contributed by atoms with van der Waals surface area (Å²) >= 11 is -5.76. The molecule has 0 saturated carbocycles. The van der Waals surface area contributed by atoms with E-state index in [0.717, 1.165) is 20.7 Å². The Labute approximate surface area is 342 Å². The first-order valence-electron chi connectivity index (χ1n) is 17.7. The molecule has 0 spiro atoms. The standard InChI is InChI=1S/C42H36N2O13S2/c1-27-13-9-11-19-33(27)43(58(49)50)23-31-21-35(45)37(53-25-29-15-5-3-6-16-29)39(55-31)41(47)57-42(48)40-38(54-26-30-17-7-4-8-18-30)36(46)22-32(56-40)24-44(59(51)52)34-20-12-10-14-28(34)2/h3-22H,23-26H2,1-2H3,(H,49,50)(H,51,52)/p-2. The fraction of sp³-hybridized carbons (Fsp3) is 0.143. The lowest BCUT2D eigenvalue weighted by Crippen LogP contribution is -2.27. The highest BCUT2D eigenvalue weighted by Crippen LogP contribution is 2.28. The van der Waals surface area contributed by atoms with Crippen molar-refractivity contribution in [1.82, 2.24) is 0 Å². The van der Waals surface area contributed by atoms with Crippen molar-refractivity contribution in [2.24, 2.45) is 0 Å². The van der Waals surface area contributed by atoms with Crippen molar-refractivity contribution in [3.05, 3.63) is 187 Å². The molecule has 59 heavy (non-hydrogen) atoms. The second-order valence-electron chi connectivity index (χ2n) is 12.8. The molecule has 0 radical (unpaired) electrons. The minimum atomic E-state index is -2.88. The number of ether oxygens (including phenoxy) is 3. The molecular formula is C42H34N2O13S2-2. The zero-order chi connectivity index (χ0) is 42.1. The summed E-state index contributed by atoms with van der Waals surface area (Å²) in [5.41, 5.74) is 1.02. The van der Waals surface area contributed by atoms with Gasteiger partial charge in [-0.05, 0) is 48.2 Å². The predicted octanol–water partition coefficient (Wildman–Crippen LogP) is 5.97. The zero-order valence-electron chi connectivity index (χ0n) is 31.4. The normalized spacial score (nSPS) is 11.9. The van der Waals surface area contributed by atoms with Crippen molar-refractivity contribution in [2.45, 2.75) is 40.2 Å². The van der Waals surface area contributed by atoms with Gasteiger partial charge in [0.1, 0.15) is 24.7 Å². The summed E-state index contributed by atoms with van der Waals surface area (Å²) in [6.45, 7) is 1.77. The monoisotopic (exact) mass is 838 g/mol. The van der Waals surface area contributed by atoms with Crippen LogP contribution in [0.2, 0.25) is 0 Å². The van der Waals surface area contributed by atoms with Crippen LogP contribution in [-0.2, 0) is 53.6 Å². The summed E-state index contributed by atoms with van der Waals surface area (Å²) in [5.74, 6) is -6.94. The zero-order valence-corrected chi connectivity index (χ0v) is 33.0. The molecule has 304 valence electrons. The molecule has 2 unspecified atom stereocenters. The van der Waals surface area contributed by atoms with Crippen molar-refractivity contribution in [1.29, 1.82) is 0 Å². The van der Waals surface area contributed by atoms with Gasteiger partial charge in [0.25, 0.3) is 11.5 Å².